The van der Waals surface area contributed by atoms with E-state index in [4.69, 9.17) is 10.5 Å². The molecule has 0 unspecified atom stereocenters. The highest BCUT2D eigenvalue weighted by Gasteiger charge is 2.04. The molecule has 0 fully saturated rings. The lowest BCUT2D eigenvalue weighted by molar-refractivity contribution is 0.100. The largest absolute Gasteiger partial charge is 0.497 e. The predicted octanol–water partition coefficient (Wildman–Crippen LogP) is 2.47. The summed E-state index contributed by atoms with van der Waals surface area (Å²) in [6, 6.07) is 9.50. The minimum Gasteiger partial charge on any atom is -0.497 e. The number of hydrogen-bond acceptors (Lipinski definition) is 4. The molecular formula is C13H14N2O2S. The van der Waals surface area contributed by atoms with Crippen molar-refractivity contribution in [2.45, 2.75) is 6.54 Å². The lowest BCUT2D eigenvalue weighted by atomic mass is 10.3. The summed E-state index contributed by atoms with van der Waals surface area (Å²) in [5.74, 6) is 0.419. The lowest BCUT2D eigenvalue weighted by Gasteiger charge is -2.06. The Hall–Kier alpha value is -2.01. The SMILES string of the molecule is COc1cccc(NCc2cc(C(N)=O)cs2)c1. The minimum absolute atomic E-state index is 0.390. The second kappa shape index (κ2) is 5.55. The zero-order valence-electron chi connectivity index (χ0n) is 9.97. The number of nitrogens with two attached hydrogens (primary N) is 1. The van der Waals surface area contributed by atoms with E-state index in [1.54, 1.807) is 18.6 Å². The van der Waals surface area contributed by atoms with Gasteiger partial charge in [-0.15, -0.1) is 11.3 Å². The number of amides is 1. The molecule has 1 aromatic heterocycles. The molecule has 2 aromatic rings. The summed E-state index contributed by atoms with van der Waals surface area (Å²) in [6.07, 6.45) is 0. The van der Waals surface area contributed by atoms with Gasteiger partial charge in [-0.05, 0) is 18.2 Å². The Bertz CT molecular complexity index is 551. The summed E-state index contributed by atoms with van der Waals surface area (Å²) in [4.78, 5) is 12.0. The van der Waals surface area contributed by atoms with E-state index in [1.807, 2.05) is 24.3 Å². The third-order valence-corrected chi connectivity index (χ3v) is 3.41. The third kappa shape index (κ3) is 3.01. The van der Waals surface area contributed by atoms with Gasteiger partial charge in [0.05, 0.1) is 12.7 Å². The van der Waals surface area contributed by atoms with Gasteiger partial charge in [-0.3, -0.25) is 4.79 Å². The van der Waals surface area contributed by atoms with Crippen molar-refractivity contribution in [2.75, 3.05) is 12.4 Å². The average Bonchev–Trinajstić information content (AvgIpc) is 2.85. The normalized spacial score (nSPS) is 10.1. The van der Waals surface area contributed by atoms with E-state index in [9.17, 15) is 4.79 Å². The third-order valence-electron chi connectivity index (χ3n) is 2.47. The fourth-order valence-electron chi connectivity index (χ4n) is 1.52. The number of hydrogen-bond donors (Lipinski definition) is 2. The van der Waals surface area contributed by atoms with Crippen LogP contribution in [0.15, 0.2) is 35.7 Å². The van der Waals surface area contributed by atoms with Crippen molar-refractivity contribution < 1.29 is 9.53 Å². The van der Waals surface area contributed by atoms with Crippen LogP contribution in [0.2, 0.25) is 0 Å². The molecule has 0 aliphatic heterocycles. The molecule has 0 aliphatic carbocycles. The van der Waals surface area contributed by atoms with Crippen LogP contribution in [0, 0.1) is 0 Å². The Kier molecular flexibility index (Phi) is 3.84. The van der Waals surface area contributed by atoms with Crippen molar-refractivity contribution >= 4 is 22.9 Å². The number of anilines is 1. The van der Waals surface area contributed by atoms with Crippen LogP contribution in [0.25, 0.3) is 0 Å². The Morgan fingerprint density at radius 2 is 2.28 bits per heavy atom. The van der Waals surface area contributed by atoms with E-state index in [-0.39, 0.29) is 5.91 Å². The zero-order chi connectivity index (χ0) is 13.0. The molecule has 1 heterocycles. The van der Waals surface area contributed by atoms with E-state index < -0.39 is 0 Å². The van der Waals surface area contributed by atoms with Gasteiger partial charge in [0.2, 0.25) is 5.91 Å². The van der Waals surface area contributed by atoms with Gasteiger partial charge in [0, 0.05) is 28.6 Å². The smallest absolute Gasteiger partial charge is 0.249 e. The molecule has 0 bridgehead atoms. The first-order valence-electron chi connectivity index (χ1n) is 5.44. The van der Waals surface area contributed by atoms with Crippen LogP contribution >= 0.6 is 11.3 Å². The summed E-state index contributed by atoms with van der Waals surface area (Å²) < 4.78 is 5.14. The number of thiophene rings is 1. The molecule has 18 heavy (non-hydrogen) atoms. The Labute approximate surface area is 109 Å². The van der Waals surface area contributed by atoms with E-state index >= 15 is 0 Å². The number of carbonyl (C=O) groups excluding carboxylic acids is 1. The van der Waals surface area contributed by atoms with Crippen LogP contribution in [0.5, 0.6) is 5.75 Å². The highest BCUT2D eigenvalue weighted by atomic mass is 32.1. The molecule has 3 N–H and O–H groups in total. The van der Waals surface area contributed by atoms with Gasteiger partial charge in [0.25, 0.3) is 0 Å². The first kappa shape index (κ1) is 12.4. The van der Waals surface area contributed by atoms with Crippen LogP contribution in [0.3, 0.4) is 0 Å². The Balaban J connectivity index is 1.99. The van der Waals surface area contributed by atoms with Crippen LogP contribution in [-0.4, -0.2) is 13.0 Å². The number of benzene rings is 1. The highest BCUT2D eigenvalue weighted by Crippen LogP contribution is 2.19. The fraction of sp³-hybridized carbons (Fsp3) is 0.154. The number of methoxy groups -OCH3 is 1. The molecule has 94 valence electrons. The van der Waals surface area contributed by atoms with Gasteiger partial charge in [0.1, 0.15) is 5.75 Å². The zero-order valence-corrected chi connectivity index (χ0v) is 10.8. The van der Waals surface area contributed by atoms with Crippen molar-refractivity contribution in [3.63, 3.8) is 0 Å². The Morgan fingerprint density at radius 3 is 2.94 bits per heavy atom. The van der Waals surface area contributed by atoms with Gasteiger partial charge in [-0.2, -0.15) is 0 Å². The van der Waals surface area contributed by atoms with Gasteiger partial charge < -0.3 is 15.8 Å². The molecule has 0 aliphatic rings. The molecule has 1 aromatic carbocycles. The number of primary amides is 1. The molecule has 0 saturated carbocycles. The van der Waals surface area contributed by atoms with Crippen molar-refractivity contribution in [2.24, 2.45) is 5.73 Å². The second-order valence-corrected chi connectivity index (χ2v) is 4.75. The second-order valence-electron chi connectivity index (χ2n) is 3.75. The van der Waals surface area contributed by atoms with Crippen LogP contribution < -0.4 is 15.8 Å². The topological polar surface area (TPSA) is 64.3 Å². The van der Waals surface area contributed by atoms with Crippen molar-refractivity contribution in [1.82, 2.24) is 0 Å². The summed E-state index contributed by atoms with van der Waals surface area (Å²) in [7, 11) is 1.64. The summed E-state index contributed by atoms with van der Waals surface area (Å²) in [6.45, 7) is 0.658. The summed E-state index contributed by atoms with van der Waals surface area (Å²) >= 11 is 1.51. The Morgan fingerprint density at radius 1 is 1.44 bits per heavy atom. The van der Waals surface area contributed by atoms with Gasteiger partial charge in [-0.1, -0.05) is 6.07 Å². The predicted molar refractivity (Wildman–Crippen MR) is 73.2 cm³/mol. The molecule has 4 nitrogen and oxygen atoms in total. The van der Waals surface area contributed by atoms with Crippen LogP contribution in [0.4, 0.5) is 5.69 Å². The molecule has 5 heteroatoms. The molecule has 0 spiro atoms. The first-order chi connectivity index (χ1) is 8.69. The summed E-state index contributed by atoms with van der Waals surface area (Å²) in [5.41, 5.74) is 6.74. The molecule has 1 amide bonds. The van der Waals surface area contributed by atoms with Gasteiger partial charge >= 0.3 is 0 Å². The maximum Gasteiger partial charge on any atom is 0.249 e. The van der Waals surface area contributed by atoms with E-state index in [0.29, 0.717) is 12.1 Å². The number of ether oxygens (including phenoxy) is 1. The quantitative estimate of drug-likeness (QED) is 0.870. The number of carbonyl (C=O) groups is 1. The lowest BCUT2D eigenvalue weighted by Crippen LogP contribution is -2.09. The first-order valence-corrected chi connectivity index (χ1v) is 6.32. The summed E-state index contributed by atoms with van der Waals surface area (Å²) in [5, 5.41) is 5.03. The van der Waals surface area contributed by atoms with E-state index in [1.165, 1.54) is 11.3 Å². The molecule has 2 rings (SSSR count). The molecule has 0 saturated heterocycles. The molecular weight excluding hydrogens is 248 g/mol. The molecule has 0 atom stereocenters. The van der Waals surface area contributed by atoms with Crippen LogP contribution in [0.1, 0.15) is 15.2 Å². The van der Waals surface area contributed by atoms with Crippen molar-refractivity contribution in [3.05, 3.63) is 46.2 Å². The van der Waals surface area contributed by atoms with E-state index in [0.717, 1.165) is 16.3 Å². The maximum absolute atomic E-state index is 11.0. The van der Waals surface area contributed by atoms with E-state index in [2.05, 4.69) is 5.32 Å². The number of nitrogens with one attached hydrogen (secondary N) is 1. The highest BCUT2D eigenvalue weighted by molar-refractivity contribution is 7.10. The van der Waals surface area contributed by atoms with Crippen molar-refractivity contribution in [3.8, 4) is 5.75 Å². The monoisotopic (exact) mass is 262 g/mol. The molecule has 0 radical (unpaired) electrons. The average molecular weight is 262 g/mol. The van der Waals surface area contributed by atoms with Crippen molar-refractivity contribution in [1.29, 1.82) is 0 Å². The maximum atomic E-state index is 11.0. The minimum atomic E-state index is -0.390. The van der Waals surface area contributed by atoms with Gasteiger partial charge in [-0.25, -0.2) is 0 Å². The van der Waals surface area contributed by atoms with Crippen LogP contribution in [-0.2, 0) is 6.54 Å². The fourth-order valence-corrected chi connectivity index (χ4v) is 2.34. The van der Waals surface area contributed by atoms with Gasteiger partial charge in [0.15, 0.2) is 0 Å². The standard InChI is InChI=1S/C13H14N2O2S/c1-17-11-4-2-3-10(6-11)15-7-12-5-9(8-18-12)13(14)16/h2-6,8,15H,7H2,1H3,(H2,14,16). The number of rotatable bonds is 5.